The van der Waals surface area contributed by atoms with Gasteiger partial charge in [0, 0.05) is 11.5 Å². The zero-order chi connectivity index (χ0) is 13.5. The predicted molar refractivity (Wildman–Crippen MR) is 72.1 cm³/mol. The minimum absolute atomic E-state index is 0.0132. The van der Waals surface area contributed by atoms with Crippen LogP contribution in [0.15, 0.2) is 28.7 Å². The first-order valence-corrected chi connectivity index (χ1v) is 6.46. The van der Waals surface area contributed by atoms with Gasteiger partial charge in [0.1, 0.15) is 6.54 Å². The van der Waals surface area contributed by atoms with Crippen LogP contribution in [0.1, 0.15) is 12.5 Å². The normalized spacial score (nSPS) is 9.94. The van der Waals surface area contributed by atoms with Crippen LogP contribution in [0, 0.1) is 0 Å². The molecule has 0 heterocycles. The number of nitrogens with zero attached hydrogens (tertiary/aromatic N) is 1. The molecule has 1 amide bonds. The fourth-order valence-corrected chi connectivity index (χ4v) is 1.89. The molecule has 0 N–H and O–H groups in total. The largest absolute Gasteiger partial charge is 0.465 e. The van der Waals surface area contributed by atoms with Crippen LogP contribution in [0.4, 0.5) is 0 Å². The lowest BCUT2D eigenvalue weighted by molar-refractivity contribution is -0.147. The SMILES string of the molecule is CCOC(=O)CN(C)C(=O)Cc1cccc(Br)c1. The lowest BCUT2D eigenvalue weighted by Crippen LogP contribution is -2.34. The number of rotatable bonds is 5. The summed E-state index contributed by atoms with van der Waals surface area (Å²) in [6.07, 6.45) is 0.273. The third-order valence-corrected chi connectivity index (χ3v) is 2.83. The third kappa shape index (κ3) is 4.87. The van der Waals surface area contributed by atoms with E-state index in [9.17, 15) is 9.59 Å². The number of ether oxygens (including phenoxy) is 1. The summed E-state index contributed by atoms with van der Waals surface area (Å²) in [7, 11) is 1.59. The van der Waals surface area contributed by atoms with Crippen LogP contribution in [0.2, 0.25) is 0 Å². The maximum Gasteiger partial charge on any atom is 0.325 e. The van der Waals surface area contributed by atoms with E-state index in [1.807, 2.05) is 24.3 Å². The molecule has 0 unspecified atom stereocenters. The summed E-state index contributed by atoms with van der Waals surface area (Å²) < 4.78 is 5.72. The molecule has 0 aliphatic carbocycles. The zero-order valence-electron chi connectivity index (χ0n) is 10.5. The van der Waals surface area contributed by atoms with Crippen molar-refractivity contribution in [2.45, 2.75) is 13.3 Å². The molecule has 0 aromatic heterocycles. The molecule has 0 saturated heterocycles. The molecule has 0 aliphatic heterocycles. The minimum atomic E-state index is -0.386. The second kappa shape index (κ2) is 7.16. The van der Waals surface area contributed by atoms with Gasteiger partial charge in [0.2, 0.25) is 5.91 Å². The topological polar surface area (TPSA) is 46.6 Å². The Morgan fingerprint density at radius 1 is 1.39 bits per heavy atom. The highest BCUT2D eigenvalue weighted by Crippen LogP contribution is 2.12. The maximum absolute atomic E-state index is 11.9. The average molecular weight is 314 g/mol. The number of benzene rings is 1. The van der Waals surface area contributed by atoms with Crippen LogP contribution in [0.5, 0.6) is 0 Å². The fraction of sp³-hybridized carbons (Fsp3) is 0.385. The maximum atomic E-state index is 11.9. The van der Waals surface area contributed by atoms with Crippen LogP contribution < -0.4 is 0 Å². The molecular formula is C13H16BrNO3. The lowest BCUT2D eigenvalue weighted by atomic mass is 10.1. The van der Waals surface area contributed by atoms with Gasteiger partial charge >= 0.3 is 5.97 Å². The van der Waals surface area contributed by atoms with Gasteiger partial charge in [-0.15, -0.1) is 0 Å². The van der Waals surface area contributed by atoms with E-state index in [0.717, 1.165) is 10.0 Å². The summed E-state index contributed by atoms with van der Waals surface area (Å²) in [6.45, 7) is 2.05. The molecule has 4 nitrogen and oxygen atoms in total. The Bertz CT molecular complexity index is 434. The van der Waals surface area contributed by atoms with E-state index in [1.54, 1.807) is 14.0 Å². The van der Waals surface area contributed by atoms with Crippen molar-refractivity contribution in [2.24, 2.45) is 0 Å². The van der Waals surface area contributed by atoms with Gasteiger partial charge in [0.15, 0.2) is 0 Å². The molecule has 98 valence electrons. The number of carbonyl (C=O) groups excluding carboxylic acids is 2. The average Bonchev–Trinajstić information content (AvgIpc) is 2.29. The van der Waals surface area contributed by atoms with E-state index >= 15 is 0 Å². The highest BCUT2D eigenvalue weighted by atomic mass is 79.9. The summed E-state index contributed by atoms with van der Waals surface area (Å²) >= 11 is 3.35. The molecule has 0 spiro atoms. The van der Waals surface area contributed by atoms with E-state index < -0.39 is 0 Å². The van der Waals surface area contributed by atoms with E-state index in [2.05, 4.69) is 15.9 Å². The molecule has 0 atom stereocenters. The zero-order valence-corrected chi connectivity index (χ0v) is 12.1. The third-order valence-electron chi connectivity index (χ3n) is 2.34. The number of hydrogen-bond acceptors (Lipinski definition) is 3. The van der Waals surface area contributed by atoms with Gasteiger partial charge in [0.25, 0.3) is 0 Å². The van der Waals surface area contributed by atoms with Gasteiger partial charge in [0.05, 0.1) is 13.0 Å². The monoisotopic (exact) mass is 313 g/mol. The van der Waals surface area contributed by atoms with Gasteiger partial charge in [-0.1, -0.05) is 28.1 Å². The Balaban J connectivity index is 2.52. The van der Waals surface area contributed by atoms with Crippen LogP contribution >= 0.6 is 15.9 Å². The van der Waals surface area contributed by atoms with Gasteiger partial charge in [-0.25, -0.2) is 0 Å². The highest BCUT2D eigenvalue weighted by molar-refractivity contribution is 9.10. The van der Waals surface area contributed by atoms with Crippen LogP contribution in [0.3, 0.4) is 0 Å². The first kappa shape index (κ1) is 14.7. The number of esters is 1. The summed E-state index contributed by atoms with van der Waals surface area (Å²) in [5, 5.41) is 0. The van der Waals surface area contributed by atoms with Crippen LogP contribution in [-0.4, -0.2) is 37.0 Å². The van der Waals surface area contributed by atoms with Crippen molar-refractivity contribution < 1.29 is 14.3 Å². The Morgan fingerprint density at radius 2 is 2.11 bits per heavy atom. The van der Waals surface area contributed by atoms with Crippen molar-refractivity contribution in [3.63, 3.8) is 0 Å². The second-order valence-electron chi connectivity index (χ2n) is 3.86. The smallest absolute Gasteiger partial charge is 0.325 e. The van der Waals surface area contributed by atoms with Gasteiger partial charge < -0.3 is 9.64 Å². The number of halogens is 1. The standard InChI is InChI=1S/C13H16BrNO3/c1-3-18-13(17)9-15(2)12(16)8-10-5-4-6-11(14)7-10/h4-7H,3,8-9H2,1-2H3. The number of hydrogen-bond donors (Lipinski definition) is 0. The van der Waals surface area contributed by atoms with Crippen molar-refractivity contribution in [3.8, 4) is 0 Å². The molecule has 1 aromatic carbocycles. The molecular weight excluding hydrogens is 298 g/mol. The summed E-state index contributed by atoms with van der Waals surface area (Å²) in [4.78, 5) is 24.5. The Hall–Kier alpha value is -1.36. The van der Waals surface area contributed by atoms with Crippen molar-refractivity contribution in [3.05, 3.63) is 34.3 Å². The van der Waals surface area contributed by atoms with Crippen LogP contribution in [0.25, 0.3) is 0 Å². The molecule has 0 saturated carbocycles. The Kier molecular flexibility index (Phi) is 5.85. The first-order valence-electron chi connectivity index (χ1n) is 5.67. The lowest BCUT2D eigenvalue weighted by Gasteiger charge is -2.16. The van der Waals surface area contributed by atoms with Gasteiger partial charge in [-0.2, -0.15) is 0 Å². The summed E-state index contributed by atoms with van der Waals surface area (Å²) in [5.74, 6) is -0.497. The number of amides is 1. The Morgan fingerprint density at radius 3 is 2.72 bits per heavy atom. The van der Waals surface area contributed by atoms with Crippen LogP contribution in [-0.2, 0) is 20.7 Å². The molecule has 1 rings (SSSR count). The van der Waals surface area contributed by atoms with E-state index in [4.69, 9.17) is 4.74 Å². The highest BCUT2D eigenvalue weighted by Gasteiger charge is 2.13. The molecule has 18 heavy (non-hydrogen) atoms. The quantitative estimate of drug-likeness (QED) is 0.781. The van der Waals surface area contributed by atoms with E-state index in [-0.39, 0.29) is 24.8 Å². The van der Waals surface area contributed by atoms with E-state index in [1.165, 1.54) is 4.90 Å². The minimum Gasteiger partial charge on any atom is -0.465 e. The predicted octanol–water partition coefficient (Wildman–Crippen LogP) is 2.01. The van der Waals surface area contributed by atoms with Gasteiger partial charge in [-0.3, -0.25) is 9.59 Å². The molecule has 0 fully saturated rings. The molecule has 0 aliphatic rings. The first-order chi connectivity index (χ1) is 8.52. The number of likely N-dealkylation sites (N-methyl/N-ethyl adjacent to an activating group) is 1. The molecule has 5 heteroatoms. The van der Waals surface area contributed by atoms with Crippen molar-refractivity contribution in [1.82, 2.24) is 4.90 Å². The molecule has 1 aromatic rings. The summed E-state index contributed by atoms with van der Waals surface area (Å²) in [6, 6.07) is 7.53. The van der Waals surface area contributed by atoms with Gasteiger partial charge in [-0.05, 0) is 24.6 Å². The summed E-state index contributed by atoms with van der Waals surface area (Å²) in [5.41, 5.74) is 0.907. The van der Waals surface area contributed by atoms with E-state index in [0.29, 0.717) is 6.61 Å². The fourth-order valence-electron chi connectivity index (χ4n) is 1.44. The van der Waals surface area contributed by atoms with Crippen molar-refractivity contribution in [2.75, 3.05) is 20.2 Å². The Labute approximate surface area is 115 Å². The number of carbonyl (C=O) groups is 2. The molecule has 0 radical (unpaired) electrons. The van der Waals surface area contributed by atoms with Crippen molar-refractivity contribution >= 4 is 27.8 Å². The van der Waals surface area contributed by atoms with Crippen molar-refractivity contribution in [1.29, 1.82) is 0 Å². The second-order valence-corrected chi connectivity index (χ2v) is 4.78. The molecule has 0 bridgehead atoms.